The lowest BCUT2D eigenvalue weighted by Crippen LogP contribution is -2.46. The second-order valence-corrected chi connectivity index (χ2v) is 7.12. The molecule has 0 bridgehead atoms. The van der Waals surface area contributed by atoms with E-state index in [1.165, 1.54) is 37.6 Å². The molecule has 9 heteroatoms. The minimum Gasteiger partial charge on any atom is -0.508 e. The van der Waals surface area contributed by atoms with E-state index in [2.05, 4.69) is 19.2 Å². The number of esters is 2. The van der Waals surface area contributed by atoms with Crippen molar-refractivity contribution in [1.82, 2.24) is 5.32 Å². The molecule has 3 atom stereocenters. The van der Waals surface area contributed by atoms with Crippen LogP contribution in [0.25, 0.3) is 0 Å². The highest BCUT2D eigenvalue weighted by Crippen LogP contribution is 2.18. The Morgan fingerprint density at radius 2 is 1.63 bits per heavy atom. The lowest BCUT2D eigenvalue weighted by molar-refractivity contribution is -0.163. The van der Waals surface area contributed by atoms with Crippen molar-refractivity contribution in [3.8, 4) is 5.75 Å². The van der Waals surface area contributed by atoms with E-state index in [9.17, 15) is 24.6 Å². The number of hydrogen-bond acceptors (Lipinski definition) is 8. The van der Waals surface area contributed by atoms with E-state index in [1.807, 2.05) is 0 Å². The third kappa shape index (κ3) is 10.8. The monoisotopic (exact) mass is 426 g/mol. The predicted molar refractivity (Wildman–Crippen MR) is 111 cm³/mol. The molecule has 1 rings (SSSR count). The van der Waals surface area contributed by atoms with Crippen LogP contribution in [-0.4, -0.2) is 53.4 Å². The maximum Gasteiger partial charge on any atom is 0.339 e. The molecular weight excluding hydrogens is 392 g/mol. The summed E-state index contributed by atoms with van der Waals surface area (Å²) in [6.07, 6.45) is -1.05. The minimum atomic E-state index is -1.52. The number of aliphatic hydroxyl groups excluding tert-OH is 1. The molecule has 0 aliphatic rings. The number of amides is 1. The summed E-state index contributed by atoms with van der Waals surface area (Å²) in [6.45, 7) is 8.70. The van der Waals surface area contributed by atoms with E-state index in [1.54, 1.807) is 13.8 Å². The van der Waals surface area contributed by atoms with Gasteiger partial charge in [0.1, 0.15) is 25.0 Å². The van der Waals surface area contributed by atoms with E-state index in [4.69, 9.17) is 15.2 Å². The second-order valence-electron chi connectivity index (χ2n) is 7.12. The lowest BCUT2D eigenvalue weighted by Gasteiger charge is -2.17. The highest BCUT2D eigenvalue weighted by molar-refractivity contribution is 5.85. The first-order valence-electron chi connectivity index (χ1n) is 9.89. The van der Waals surface area contributed by atoms with Crippen molar-refractivity contribution in [1.29, 1.82) is 0 Å². The Morgan fingerprint density at radius 3 is 2.13 bits per heavy atom. The molecule has 9 nitrogen and oxygen atoms in total. The molecule has 1 aromatic rings. The van der Waals surface area contributed by atoms with Crippen LogP contribution in [0.3, 0.4) is 0 Å². The summed E-state index contributed by atoms with van der Waals surface area (Å²) in [7, 11) is 0. The normalized spacial score (nSPS) is 13.3. The summed E-state index contributed by atoms with van der Waals surface area (Å²) in [5.41, 5.74) is 5.91. The molecule has 0 aliphatic heterocycles. The van der Waals surface area contributed by atoms with Crippen LogP contribution in [0.4, 0.5) is 0 Å². The van der Waals surface area contributed by atoms with E-state index >= 15 is 0 Å². The van der Waals surface area contributed by atoms with Gasteiger partial charge in [-0.25, -0.2) is 4.79 Å². The van der Waals surface area contributed by atoms with Gasteiger partial charge in [-0.05, 0) is 30.5 Å². The molecule has 0 saturated heterocycles. The first-order valence-corrected chi connectivity index (χ1v) is 9.89. The SMILES string of the molecule is CC(COC(=O)C(O)c1ccc(O)cc1)OC(=O)CNC(=O)C(N)C(C)C.CCC. The Morgan fingerprint density at radius 1 is 1.10 bits per heavy atom. The number of hydrogen-bond donors (Lipinski definition) is 4. The molecule has 0 saturated carbocycles. The number of rotatable bonds is 9. The zero-order valence-electron chi connectivity index (χ0n) is 18.3. The zero-order valence-corrected chi connectivity index (χ0v) is 18.3. The Bertz CT molecular complexity index is 662. The smallest absolute Gasteiger partial charge is 0.339 e. The van der Waals surface area contributed by atoms with E-state index in [0.29, 0.717) is 0 Å². The van der Waals surface area contributed by atoms with Crippen molar-refractivity contribution in [2.45, 2.75) is 59.3 Å². The van der Waals surface area contributed by atoms with E-state index in [0.717, 1.165) is 0 Å². The molecule has 0 aliphatic carbocycles. The minimum absolute atomic E-state index is 0.00120. The third-order valence-corrected chi connectivity index (χ3v) is 3.65. The Labute approximate surface area is 177 Å². The molecule has 0 aromatic heterocycles. The van der Waals surface area contributed by atoms with Gasteiger partial charge in [0.05, 0.1) is 6.04 Å². The van der Waals surface area contributed by atoms with Crippen molar-refractivity contribution in [3.63, 3.8) is 0 Å². The molecule has 170 valence electrons. The van der Waals surface area contributed by atoms with Crippen molar-refractivity contribution in [2.24, 2.45) is 11.7 Å². The lowest BCUT2D eigenvalue weighted by atomic mass is 10.1. The molecule has 0 fully saturated rings. The third-order valence-electron chi connectivity index (χ3n) is 3.65. The van der Waals surface area contributed by atoms with Crippen LogP contribution in [0.1, 0.15) is 52.7 Å². The highest BCUT2D eigenvalue weighted by atomic mass is 16.6. The number of benzene rings is 1. The number of carbonyl (C=O) groups excluding carboxylic acids is 3. The topological polar surface area (TPSA) is 148 Å². The standard InChI is InChI=1S/C18H26N2O7.C3H8/c1-10(2)15(19)17(24)20-8-14(22)27-11(3)9-26-18(25)16(23)12-4-6-13(21)7-5-12;1-3-2/h4-7,10-11,15-16,21,23H,8-9,19H2,1-3H3,(H,20,24);3H2,1-2H3. The number of aromatic hydroxyl groups is 1. The Kier molecular flexibility index (Phi) is 13.1. The molecular formula is C21H34N2O7. The fraction of sp³-hybridized carbons (Fsp3) is 0.571. The molecule has 0 spiro atoms. The fourth-order valence-electron chi connectivity index (χ4n) is 1.95. The first-order chi connectivity index (χ1) is 14.0. The van der Waals surface area contributed by atoms with Gasteiger partial charge in [-0.2, -0.15) is 0 Å². The van der Waals surface area contributed by atoms with Crippen molar-refractivity contribution in [3.05, 3.63) is 29.8 Å². The number of phenols is 1. The van der Waals surface area contributed by atoms with Gasteiger partial charge in [0.2, 0.25) is 5.91 Å². The van der Waals surface area contributed by atoms with Gasteiger partial charge < -0.3 is 30.7 Å². The van der Waals surface area contributed by atoms with Crippen LogP contribution in [0.2, 0.25) is 0 Å². The van der Waals surface area contributed by atoms with Crippen LogP contribution in [-0.2, 0) is 23.9 Å². The van der Waals surface area contributed by atoms with Gasteiger partial charge in [0.25, 0.3) is 0 Å². The summed E-state index contributed by atoms with van der Waals surface area (Å²) in [6, 6.07) is 4.70. The average molecular weight is 427 g/mol. The number of aliphatic hydroxyl groups is 1. The molecule has 0 heterocycles. The second kappa shape index (κ2) is 14.4. The maximum absolute atomic E-state index is 11.8. The largest absolute Gasteiger partial charge is 0.508 e. The fourth-order valence-corrected chi connectivity index (χ4v) is 1.95. The van der Waals surface area contributed by atoms with Gasteiger partial charge in [-0.3, -0.25) is 9.59 Å². The number of carbonyl (C=O) groups is 3. The Balaban J connectivity index is 0.00000263. The van der Waals surface area contributed by atoms with Crippen LogP contribution in [0.15, 0.2) is 24.3 Å². The molecule has 1 amide bonds. The number of nitrogens with two attached hydrogens (primary N) is 1. The van der Waals surface area contributed by atoms with Crippen LogP contribution >= 0.6 is 0 Å². The number of ether oxygens (including phenoxy) is 2. The molecule has 5 N–H and O–H groups in total. The summed E-state index contributed by atoms with van der Waals surface area (Å²) >= 11 is 0. The highest BCUT2D eigenvalue weighted by Gasteiger charge is 2.22. The Hall–Kier alpha value is -2.65. The summed E-state index contributed by atoms with van der Waals surface area (Å²) < 4.78 is 9.92. The van der Waals surface area contributed by atoms with Crippen molar-refractivity contribution >= 4 is 17.8 Å². The molecule has 1 aromatic carbocycles. The van der Waals surface area contributed by atoms with Crippen molar-refractivity contribution in [2.75, 3.05) is 13.2 Å². The van der Waals surface area contributed by atoms with Gasteiger partial charge in [0, 0.05) is 0 Å². The van der Waals surface area contributed by atoms with Crippen LogP contribution < -0.4 is 11.1 Å². The summed E-state index contributed by atoms with van der Waals surface area (Å²) in [5, 5.41) is 21.5. The molecule has 0 radical (unpaired) electrons. The quantitative estimate of drug-likeness (QED) is 0.433. The van der Waals surface area contributed by atoms with Crippen LogP contribution in [0, 0.1) is 5.92 Å². The van der Waals surface area contributed by atoms with Crippen molar-refractivity contribution < 1.29 is 34.1 Å². The molecule has 3 unspecified atom stereocenters. The molecule has 30 heavy (non-hydrogen) atoms. The maximum atomic E-state index is 11.8. The summed E-state index contributed by atoms with van der Waals surface area (Å²) in [4.78, 5) is 35.2. The van der Waals surface area contributed by atoms with Crippen LogP contribution in [0.5, 0.6) is 5.75 Å². The van der Waals surface area contributed by atoms with Gasteiger partial charge in [-0.15, -0.1) is 0 Å². The van der Waals surface area contributed by atoms with E-state index in [-0.39, 0.29) is 30.4 Å². The summed E-state index contributed by atoms with van der Waals surface area (Å²) in [5.74, 6) is -2.15. The van der Waals surface area contributed by atoms with Gasteiger partial charge >= 0.3 is 11.9 Å². The number of phenolic OH excluding ortho intramolecular Hbond substituents is 1. The first kappa shape index (κ1) is 27.4. The zero-order chi connectivity index (χ0) is 23.3. The van der Waals surface area contributed by atoms with Gasteiger partial charge in [-0.1, -0.05) is 46.2 Å². The van der Waals surface area contributed by atoms with Gasteiger partial charge in [0.15, 0.2) is 6.10 Å². The number of nitrogens with one attached hydrogen (secondary N) is 1. The predicted octanol–water partition coefficient (Wildman–Crippen LogP) is 1.42. The average Bonchev–Trinajstić information content (AvgIpc) is 2.70. The van der Waals surface area contributed by atoms with E-state index < -0.39 is 36.1 Å².